The number of rotatable bonds is 1. The number of likely N-dealkylation sites (N-methyl/N-ethyl adjacent to an activating group) is 1. The van der Waals surface area contributed by atoms with Crippen molar-refractivity contribution in [3.63, 3.8) is 0 Å². The molecule has 0 fully saturated rings. The molecule has 0 bridgehead atoms. The number of hydrogen-bond donors (Lipinski definition) is 4. The van der Waals surface area contributed by atoms with Gasteiger partial charge in [-0.25, -0.2) is 9.79 Å². The van der Waals surface area contributed by atoms with E-state index in [4.69, 9.17) is 10.8 Å². The lowest BCUT2D eigenvalue weighted by Gasteiger charge is -2.24. The number of nitrogens with one attached hydrogen (secondary N) is 1. The Morgan fingerprint density at radius 1 is 1.65 bits per heavy atom. The number of nitrogens with two attached hydrogens (primary N) is 1. The zero-order chi connectivity index (χ0) is 13.6. The van der Waals surface area contributed by atoms with Gasteiger partial charge in [-0.15, -0.1) is 0 Å². The molecular formula is C10H18N4O3. The predicted molar refractivity (Wildman–Crippen MR) is 65.6 cm³/mol. The average molecular weight is 242 g/mol. The second-order valence-corrected chi connectivity index (χ2v) is 3.45. The van der Waals surface area contributed by atoms with Crippen LogP contribution in [0.1, 0.15) is 0 Å². The summed E-state index contributed by atoms with van der Waals surface area (Å²) in [5, 5.41) is 19.0. The third-order valence-electron chi connectivity index (χ3n) is 1.97. The van der Waals surface area contributed by atoms with Crippen molar-refractivity contribution in [1.82, 2.24) is 10.2 Å². The van der Waals surface area contributed by atoms with Crippen molar-refractivity contribution in [2.45, 2.75) is 6.10 Å². The summed E-state index contributed by atoms with van der Waals surface area (Å²) in [6.45, 7) is 3.73. The number of nitrogens with zero attached hydrogens (tertiary/aromatic N) is 2. The predicted octanol–water partition coefficient (Wildman–Crippen LogP) is -0.439. The summed E-state index contributed by atoms with van der Waals surface area (Å²) in [5.74, 6) is 0.200. The maximum absolute atomic E-state index is 9.44. The fourth-order valence-electron chi connectivity index (χ4n) is 1.01. The van der Waals surface area contributed by atoms with Gasteiger partial charge in [0.2, 0.25) is 0 Å². The van der Waals surface area contributed by atoms with Gasteiger partial charge in [0, 0.05) is 26.7 Å². The number of carbonyl (C=O) groups is 1. The summed E-state index contributed by atoms with van der Waals surface area (Å²) in [6, 6.07) is 0. The first kappa shape index (κ1) is 15.0. The summed E-state index contributed by atoms with van der Waals surface area (Å²) in [5.41, 5.74) is 6.80. The minimum atomic E-state index is -0.995. The molecule has 96 valence electrons. The molecular weight excluding hydrogens is 224 g/mol. The van der Waals surface area contributed by atoms with Gasteiger partial charge in [-0.3, -0.25) is 0 Å². The normalized spacial score (nSPS) is 18.4. The van der Waals surface area contributed by atoms with Gasteiger partial charge in [0.1, 0.15) is 11.9 Å². The Labute approximate surface area is 99.9 Å². The van der Waals surface area contributed by atoms with E-state index in [1.54, 1.807) is 6.20 Å². The van der Waals surface area contributed by atoms with Gasteiger partial charge in [-0.1, -0.05) is 6.58 Å². The van der Waals surface area contributed by atoms with Crippen LogP contribution in [0.3, 0.4) is 0 Å². The molecule has 1 heterocycles. The van der Waals surface area contributed by atoms with Crippen molar-refractivity contribution < 1.29 is 15.0 Å². The molecule has 0 aromatic heterocycles. The highest BCUT2D eigenvalue weighted by molar-refractivity contribution is 5.90. The Kier molecular flexibility index (Phi) is 5.76. The maximum Gasteiger partial charge on any atom is 0.404 e. The molecule has 1 atom stereocenters. The van der Waals surface area contributed by atoms with Crippen molar-refractivity contribution in [2.75, 3.05) is 21.1 Å². The number of amides is 1. The van der Waals surface area contributed by atoms with Crippen LogP contribution in [0.25, 0.3) is 0 Å². The first-order valence-electron chi connectivity index (χ1n) is 4.79. The summed E-state index contributed by atoms with van der Waals surface area (Å²) >= 11 is 0. The van der Waals surface area contributed by atoms with Gasteiger partial charge in [-0.2, -0.15) is 0 Å². The van der Waals surface area contributed by atoms with Crippen LogP contribution in [0.5, 0.6) is 0 Å². The monoisotopic (exact) mass is 242 g/mol. The zero-order valence-corrected chi connectivity index (χ0v) is 10.1. The van der Waals surface area contributed by atoms with Crippen LogP contribution in [-0.4, -0.2) is 54.3 Å². The number of aliphatic hydroxyl groups is 1. The van der Waals surface area contributed by atoms with Crippen LogP contribution in [0.2, 0.25) is 0 Å². The number of carboxylic acid groups (broad SMARTS) is 1. The quantitative estimate of drug-likeness (QED) is 0.498. The number of hydrogen-bond acceptors (Lipinski definition) is 5. The standard InChI is InChI=1S/C8H13N3O.C2H5NO2/c1-5-6(11(2)3)4-10-8(9)7(5)12;1-3-2(4)5/h4,7,12H,1H2,2-3H3,(H2,9,10);3H,1H3,(H,4,5). The Morgan fingerprint density at radius 2 is 2.12 bits per heavy atom. The Hall–Kier alpha value is -2.02. The van der Waals surface area contributed by atoms with Gasteiger partial charge in [0.15, 0.2) is 0 Å². The average Bonchev–Trinajstić information content (AvgIpc) is 2.26. The Bertz CT molecular complexity index is 361. The Balaban J connectivity index is 0.000000437. The fourth-order valence-corrected chi connectivity index (χ4v) is 1.01. The lowest BCUT2D eigenvalue weighted by Crippen LogP contribution is -2.35. The zero-order valence-electron chi connectivity index (χ0n) is 10.1. The highest BCUT2D eigenvalue weighted by atomic mass is 16.4. The second-order valence-electron chi connectivity index (χ2n) is 3.45. The molecule has 1 rings (SSSR count). The van der Waals surface area contributed by atoms with Gasteiger partial charge in [0.05, 0.1) is 11.9 Å². The van der Waals surface area contributed by atoms with Crippen molar-refractivity contribution in [3.8, 4) is 0 Å². The SMILES string of the molecule is C=C1C(N(C)C)=CN=C(N)C1O.CNC(=O)O. The van der Waals surface area contributed by atoms with Crippen molar-refractivity contribution in [3.05, 3.63) is 24.0 Å². The minimum Gasteiger partial charge on any atom is -0.465 e. The van der Waals surface area contributed by atoms with E-state index >= 15 is 0 Å². The molecule has 7 nitrogen and oxygen atoms in total. The van der Waals surface area contributed by atoms with Gasteiger partial charge < -0.3 is 26.2 Å². The van der Waals surface area contributed by atoms with Crippen LogP contribution in [0.4, 0.5) is 4.79 Å². The van der Waals surface area contributed by atoms with E-state index in [2.05, 4.69) is 11.6 Å². The van der Waals surface area contributed by atoms with Gasteiger partial charge in [0.25, 0.3) is 0 Å². The summed E-state index contributed by atoms with van der Waals surface area (Å²) < 4.78 is 0. The van der Waals surface area contributed by atoms with Crippen LogP contribution in [0, 0.1) is 0 Å². The van der Waals surface area contributed by atoms with E-state index < -0.39 is 12.2 Å². The van der Waals surface area contributed by atoms with Gasteiger partial charge >= 0.3 is 6.09 Å². The molecule has 7 heteroatoms. The fraction of sp³-hybridized carbons (Fsp3) is 0.400. The smallest absolute Gasteiger partial charge is 0.404 e. The highest BCUT2D eigenvalue weighted by Crippen LogP contribution is 2.18. The van der Waals surface area contributed by atoms with E-state index in [1.165, 1.54) is 7.05 Å². The number of aliphatic imine (C=N–C) groups is 1. The molecule has 0 radical (unpaired) electrons. The van der Waals surface area contributed by atoms with E-state index in [1.807, 2.05) is 24.3 Å². The molecule has 0 saturated carbocycles. The molecule has 0 aromatic rings. The molecule has 1 amide bonds. The first-order chi connectivity index (χ1) is 7.81. The van der Waals surface area contributed by atoms with Crippen LogP contribution in [-0.2, 0) is 0 Å². The molecule has 1 unspecified atom stereocenters. The first-order valence-corrected chi connectivity index (χ1v) is 4.79. The number of aliphatic hydroxyl groups excluding tert-OH is 1. The lowest BCUT2D eigenvalue weighted by atomic mass is 10.1. The third kappa shape index (κ3) is 4.56. The van der Waals surface area contributed by atoms with E-state index in [0.29, 0.717) is 5.57 Å². The van der Waals surface area contributed by atoms with Crippen LogP contribution in [0.15, 0.2) is 29.0 Å². The molecule has 17 heavy (non-hydrogen) atoms. The van der Waals surface area contributed by atoms with Crippen molar-refractivity contribution in [2.24, 2.45) is 10.7 Å². The molecule has 1 aliphatic heterocycles. The summed E-state index contributed by atoms with van der Waals surface area (Å²) in [6.07, 6.45) is -0.234. The van der Waals surface area contributed by atoms with Crippen LogP contribution < -0.4 is 11.1 Å². The van der Waals surface area contributed by atoms with Crippen molar-refractivity contribution >= 4 is 11.9 Å². The third-order valence-corrected chi connectivity index (χ3v) is 1.97. The maximum atomic E-state index is 9.44. The van der Waals surface area contributed by atoms with E-state index in [9.17, 15) is 9.90 Å². The largest absolute Gasteiger partial charge is 0.465 e. The number of amidine groups is 1. The van der Waals surface area contributed by atoms with E-state index in [-0.39, 0.29) is 5.84 Å². The molecule has 0 saturated heterocycles. The molecule has 0 aliphatic carbocycles. The summed E-state index contributed by atoms with van der Waals surface area (Å²) in [4.78, 5) is 14.9. The molecule has 1 aliphatic rings. The van der Waals surface area contributed by atoms with Crippen LogP contribution >= 0.6 is 0 Å². The highest BCUT2D eigenvalue weighted by Gasteiger charge is 2.21. The second kappa shape index (κ2) is 6.54. The lowest BCUT2D eigenvalue weighted by molar-refractivity contribution is 0.197. The molecule has 0 spiro atoms. The minimum absolute atomic E-state index is 0.200. The Morgan fingerprint density at radius 3 is 2.47 bits per heavy atom. The van der Waals surface area contributed by atoms with Crippen molar-refractivity contribution in [1.29, 1.82) is 0 Å². The van der Waals surface area contributed by atoms with E-state index in [0.717, 1.165) is 5.70 Å². The van der Waals surface area contributed by atoms with Gasteiger partial charge in [-0.05, 0) is 0 Å². The topological polar surface area (TPSA) is 111 Å². The summed E-state index contributed by atoms with van der Waals surface area (Å²) in [7, 11) is 5.07. The molecule has 5 N–H and O–H groups in total. The molecule has 0 aromatic carbocycles.